The highest BCUT2D eigenvalue weighted by Crippen LogP contribution is 2.07. The molecular formula is C25H31N3O5. The molecule has 0 aliphatic heterocycles. The first kappa shape index (κ1) is 24.4. The molecule has 8 nitrogen and oxygen atoms in total. The summed E-state index contributed by atoms with van der Waals surface area (Å²) in [7, 11) is 0. The zero-order valence-electron chi connectivity index (χ0n) is 18.8. The summed E-state index contributed by atoms with van der Waals surface area (Å²) in [6.07, 6.45) is 3.23. The summed E-state index contributed by atoms with van der Waals surface area (Å²) in [5.74, 6) is 0. The van der Waals surface area contributed by atoms with Crippen LogP contribution in [0.25, 0.3) is 0 Å². The summed E-state index contributed by atoms with van der Waals surface area (Å²) in [6.45, 7) is 3.29. The minimum Gasteiger partial charge on any atom is -0.465 e. The lowest BCUT2D eigenvalue weighted by molar-refractivity contribution is 0.112. The monoisotopic (exact) mass is 453 g/mol. The standard InChI is InChI=1S/C25H31N3O5/c29-23-26-24(32-17-9-7-15-30-19-21-11-3-1-4-12-21)28-25(27-23)33-18-10-8-16-31-20-22-13-5-2-6-14-22/h1-6,11-14H,7-10,15-20H2,(H,26,27,28,29). The van der Waals surface area contributed by atoms with E-state index >= 15 is 0 Å². The smallest absolute Gasteiger partial charge is 0.353 e. The Bertz CT molecular complexity index is 892. The van der Waals surface area contributed by atoms with Gasteiger partial charge in [0.15, 0.2) is 0 Å². The Hall–Kier alpha value is -3.23. The third-order valence-corrected chi connectivity index (χ3v) is 4.67. The Balaban J connectivity index is 1.24. The number of aromatic amines is 1. The molecule has 0 unspecified atom stereocenters. The molecule has 0 amide bonds. The van der Waals surface area contributed by atoms with Crippen molar-refractivity contribution in [2.75, 3.05) is 26.4 Å². The second-order valence-corrected chi connectivity index (χ2v) is 7.43. The molecule has 0 atom stereocenters. The van der Waals surface area contributed by atoms with Crippen LogP contribution < -0.4 is 15.2 Å². The van der Waals surface area contributed by atoms with Gasteiger partial charge in [-0.15, -0.1) is 9.97 Å². The number of unbranched alkanes of at least 4 members (excludes halogenated alkanes) is 2. The molecule has 0 spiro atoms. The molecular weight excluding hydrogens is 422 g/mol. The van der Waals surface area contributed by atoms with Crippen LogP contribution in [0, 0.1) is 0 Å². The average Bonchev–Trinajstić information content (AvgIpc) is 2.84. The Morgan fingerprint density at radius 2 is 1.15 bits per heavy atom. The van der Waals surface area contributed by atoms with Crippen molar-refractivity contribution in [3.63, 3.8) is 0 Å². The molecule has 3 aromatic rings. The third kappa shape index (κ3) is 10.3. The molecule has 1 aromatic heterocycles. The minimum absolute atomic E-state index is 0.0187. The second kappa shape index (κ2) is 14.8. The summed E-state index contributed by atoms with van der Waals surface area (Å²) in [5, 5.41) is 0. The van der Waals surface area contributed by atoms with Gasteiger partial charge in [0.1, 0.15) is 0 Å². The van der Waals surface area contributed by atoms with Crippen LogP contribution in [0.3, 0.4) is 0 Å². The van der Waals surface area contributed by atoms with Crippen molar-refractivity contribution in [3.05, 3.63) is 82.3 Å². The van der Waals surface area contributed by atoms with E-state index in [1.54, 1.807) is 0 Å². The lowest BCUT2D eigenvalue weighted by Crippen LogP contribution is -2.17. The second-order valence-electron chi connectivity index (χ2n) is 7.43. The molecule has 1 heterocycles. The first-order valence-corrected chi connectivity index (χ1v) is 11.3. The normalized spacial score (nSPS) is 10.8. The van der Waals surface area contributed by atoms with Crippen LogP contribution in [0.1, 0.15) is 36.8 Å². The zero-order chi connectivity index (χ0) is 23.0. The van der Waals surface area contributed by atoms with Gasteiger partial charge in [-0.05, 0) is 36.8 Å². The van der Waals surface area contributed by atoms with Gasteiger partial charge in [-0.1, -0.05) is 60.7 Å². The Kier molecular flexibility index (Phi) is 10.9. The molecule has 0 radical (unpaired) electrons. The van der Waals surface area contributed by atoms with Crippen LogP contribution in [0.5, 0.6) is 12.0 Å². The summed E-state index contributed by atoms with van der Waals surface area (Å²) >= 11 is 0. The number of H-pyrrole nitrogens is 1. The van der Waals surface area contributed by atoms with Gasteiger partial charge in [0.2, 0.25) is 0 Å². The van der Waals surface area contributed by atoms with Crippen LogP contribution in [0.15, 0.2) is 65.5 Å². The molecule has 3 rings (SSSR count). The van der Waals surface area contributed by atoms with Crippen molar-refractivity contribution in [2.45, 2.75) is 38.9 Å². The van der Waals surface area contributed by atoms with Crippen LogP contribution in [0.2, 0.25) is 0 Å². The first-order valence-electron chi connectivity index (χ1n) is 11.3. The Morgan fingerprint density at radius 3 is 1.73 bits per heavy atom. The van der Waals surface area contributed by atoms with Gasteiger partial charge in [-0.25, -0.2) is 4.79 Å². The molecule has 176 valence electrons. The van der Waals surface area contributed by atoms with Crippen molar-refractivity contribution >= 4 is 0 Å². The Morgan fingerprint density at radius 1 is 0.636 bits per heavy atom. The molecule has 0 saturated heterocycles. The average molecular weight is 454 g/mol. The van der Waals surface area contributed by atoms with Gasteiger partial charge >= 0.3 is 17.7 Å². The topological polar surface area (TPSA) is 95.6 Å². The fourth-order valence-electron chi connectivity index (χ4n) is 2.95. The van der Waals surface area contributed by atoms with E-state index in [9.17, 15) is 4.79 Å². The van der Waals surface area contributed by atoms with Gasteiger partial charge in [0, 0.05) is 13.2 Å². The molecule has 1 N–H and O–H groups in total. The number of ether oxygens (including phenoxy) is 4. The van der Waals surface area contributed by atoms with E-state index in [1.165, 1.54) is 0 Å². The molecule has 0 saturated carbocycles. The lowest BCUT2D eigenvalue weighted by Gasteiger charge is -2.08. The summed E-state index contributed by atoms with van der Waals surface area (Å²) < 4.78 is 22.3. The summed E-state index contributed by atoms with van der Waals surface area (Å²) in [4.78, 5) is 22.0. The highest BCUT2D eigenvalue weighted by Gasteiger charge is 2.05. The van der Waals surface area contributed by atoms with E-state index < -0.39 is 5.69 Å². The number of rotatable bonds is 16. The number of benzene rings is 2. The molecule has 0 fully saturated rings. The summed E-state index contributed by atoms with van der Waals surface area (Å²) in [6, 6.07) is 20.2. The third-order valence-electron chi connectivity index (χ3n) is 4.67. The molecule has 0 aliphatic rings. The summed E-state index contributed by atoms with van der Waals surface area (Å²) in [5.41, 5.74) is 1.75. The number of aromatic nitrogens is 3. The van der Waals surface area contributed by atoms with Gasteiger partial charge in [0.25, 0.3) is 0 Å². The minimum atomic E-state index is -0.549. The maximum atomic E-state index is 11.7. The number of nitrogens with one attached hydrogen (secondary N) is 1. The zero-order valence-corrected chi connectivity index (χ0v) is 18.8. The number of hydrogen-bond acceptors (Lipinski definition) is 7. The van der Waals surface area contributed by atoms with Crippen molar-refractivity contribution in [1.29, 1.82) is 0 Å². The van der Waals surface area contributed by atoms with E-state index in [4.69, 9.17) is 18.9 Å². The fraction of sp³-hybridized carbons (Fsp3) is 0.400. The van der Waals surface area contributed by atoms with Gasteiger partial charge in [-0.2, -0.15) is 0 Å². The van der Waals surface area contributed by atoms with E-state index in [0.717, 1.165) is 36.8 Å². The SMILES string of the molecule is O=c1nc(OCCCCOCc2ccccc2)nc(OCCCCOCc2ccccc2)[nH]1. The molecule has 33 heavy (non-hydrogen) atoms. The quantitative estimate of drug-likeness (QED) is 0.329. The van der Waals surface area contributed by atoms with Gasteiger partial charge in [-0.3, -0.25) is 4.98 Å². The van der Waals surface area contributed by atoms with Crippen LogP contribution in [-0.4, -0.2) is 41.4 Å². The first-order chi connectivity index (χ1) is 16.3. The number of hydrogen-bond donors (Lipinski definition) is 1. The van der Waals surface area contributed by atoms with Crippen LogP contribution in [0.4, 0.5) is 0 Å². The van der Waals surface area contributed by atoms with Crippen LogP contribution in [-0.2, 0) is 22.7 Å². The largest absolute Gasteiger partial charge is 0.465 e. The fourth-order valence-corrected chi connectivity index (χ4v) is 2.95. The van der Waals surface area contributed by atoms with E-state index in [2.05, 4.69) is 15.0 Å². The maximum Gasteiger partial charge on any atom is 0.353 e. The van der Waals surface area contributed by atoms with Crippen molar-refractivity contribution in [3.8, 4) is 12.0 Å². The van der Waals surface area contributed by atoms with Crippen molar-refractivity contribution in [2.24, 2.45) is 0 Å². The maximum absolute atomic E-state index is 11.7. The molecule has 0 aliphatic carbocycles. The van der Waals surface area contributed by atoms with Gasteiger partial charge < -0.3 is 18.9 Å². The highest BCUT2D eigenvalue weighted by molar-refractivity contribution is 5.14. The predicted octanol–water partition coefficient (Wildman–Crippen LogP) is 3.92. The lowest BCUT2D eigenvalue weighted by atomic mass is 10.2. The van der Waals surface area contributed by atoms with E-state index in [-0.39, 0.29) is 12.0 Å². The molecule has 8 heteroatoms. The van der Waals surface area contributed by atoms with Gasteiger partial charge in [0.05, 0.1) is 26.4 Å². The van der Waals surface area contributed by atoms with Crippen molar-refractivity contribution < 1.29 is 18.9 Å². The highest BCUT2D eigenvalue weighted by atomic mass is 16.5. The van der Waals surface area contributed by atoms with Crippen molar-refractivity contribution in [1.82, 2.24) is 15.0 Å². The number of nitrogens with zero attached hydrogens (tertiary/aromatic N) is 2. The Labute approximate surface area is 193 Å². The van der Waals surface area contributed by atoms with E-state index in [0.29, 0.717) is 39.6 Å². The molecule has 0 bridgehead atoms. The molecule has 2 aromatic carbocycles. The van der Waals surface area contributed by atoms with E-state index in [1.807, 2.05) is 60.7 Å². The predicted molar refractivity (Wildman–Crippen MR) is 124 cm³/mol. The van der Waals surface area contributed by atoms with Crippen LogP contribution >= 0.6 is 0 Å².